The van der Waals surface area contributed by atoms with E-state index in [9.17, 15) is 0 Å². The quantitative estimate of drug-likeness (QED) is 0.750. The lowest BCUT2D eigenvalue weighted by atomic mass is 9.94. The fraction of sp³-hybridized carbons (Fsp3) is 0.353. The van der Waals surface area contributed by atoms with Gasteiger partial charge in [0.25, 0.3) is 0 Å². The summed E-state index contributed by atoms with van der Waals surface area (Å²) in [6.07, 6.45) is 9.04. The minimum absolute atomic E-state index is 1.05. The zero-order valence-corrected chi connectivity index (χ0v) is 11.6. The van der Waals surface area contributed by atoms with Crippen LogP contribution >= 0.6 is 0 Å². The van der Waals surface area contributed by atoms with Gasteiger partial charge in [-0.15, -0.1) is 0 Å². The lowest BCUT2D eigenvalue weighted by molar-refractivity contribution is 0.852. The molecule has 0 bridgehead atoms. The molecule has 0 unspecified atom stereocenters. The van der Waals surface area contributed by atoms with Crippen LogP contribution in [0.4, 0.5) is 5.69 Å². The molecule has 0 saturated heterocycles. The first-order valence-corrected chi connectivity index (χ1v) is 6.74. The Bertz CT molecular complexity index is 451. The highest BCUT2D eigenvalue weighted by atomic mass is 15.1. The highest BCUT2D eigenvalue weighted by Gasteiger charge is 2.06. The minimum Gasteiger partial charge on any atom is -0.375 e. The summed E-state index contributed by atoms with van der Waals surface area (Å²) in [5.74, 6) is 0. The SMILES string of the molecule is CCCN(C)c1ccc(C2=CC(C)=CC[CH]2)cc1. The third-order valence-electron chi connectivity index (χ3n) is 3.36. The van der Waals surface area contributed by atoms with Crippen LogP contribution in [0.5, 0.6) is 0 Å². The summed E-state index contributed by atoms with van der Waals surface area (Å²) in [6, 6.07) is 8.88. The molecule has 2 rings (SSSR count). The van der Waals surface area contributed by atoms with Gasteiger partial charge in [0.15, 0.2) is 0 Å². The summed E-state index contributed by atoms with van der Waals surface area (Å²) in [4.78, 5) is 2.30. The number of benzene rings is 1. The number of hydrogen-bond acceptors (Lipinski definition) is 1. The van der Waals surface area contributed by atoms with Crippen LogP contribution in [0.25, 0.3) is 5.57 Å². The number of nitrogens with zero attached hydrogens (tertiary/aromatic N) is 1. The predicted octanol–water partition coefficient (Wildman–Crippen LogP) is 4.47. The van der Waals surface area contributed by atoms with E-state index in [4.69, 9.17) is 0 Å². The molecule has 1 heteroatoms. The van der Waals surface area contributed by atoms with Gasteiger partial charge in [-0.05, 0) is 49.5 Å². The van der Waals surface area contributed by atoms with Crippen molar-refractivity contribution in [3.63, 3.8) is 0 Å². The average Bonchev–Trinajstić information content (AvgIpc) is 2.39. The molecule has 95 valence electrons. The predicted molar refractivity (Wildman–Crippen MR) is 80.7 cm³/mol. The molecule has 0 N–H and O–H groups in total. The molecule has 1 aromatic carbocycles. The second-order valence-corrected chi connectivity index (χ2v) is 4.96. The van der Waals surface area contributed by atoms with Gasteiger partial charge in [-0.1, -0.05) is 36.8 Å². The molecule has 1 radical (unpaired) electrons. The molecule has 18 heavy (non-hydrogen) atoms. The average molecular weight is 240 g/mol. The summed E-state index contributed by atoms with van der Waals surface area (Å²) in [5, 5.41) is 0. The fourth-order valence-electron chi connectivity index (χ4n) is 2.31. The Kier molecular flexibility index (Phi) is 4.24. The molecule has 0 heterocycles. The first-order chi connectivity index (χ1) is 8.70. The van der Waals surface area contributed by atoms with Gasteiger partial charge < -0.3 is 4.90 Å². The molecule has 0 atom stereocenters. The number of rotatable bonds is 4. The third-order valence-corrected chi connectivity index (χ3v) is 3.36. The lowest BCUT2D eigenvalue weighted by Gasteiger charge is -2.19. The van der Waals surface area contributed by atoms with Gasteiger partial charge >= 0.3 is 0 Å². The Hall–Kier alpha value is -1.50. The highest BCUT2D eigenvalue weighted by molar-refractivity contribution is 5.76. The molecule has 0 saturated carbocycles. The second kappa shape index (κ2) is 5.90. The van der Waals surface area contributed by atoms with Crippen LogP contribution in [0.3, 0.4) is 0 Å². The molecule has 0 spiro atoms. The molecule has 0 aromatic heterocycles. The van der Waals surface area contributed by atoms with Gasteiger partial charge in [-0.25, -0.2) is 0 Å². The van der Waals surface area contributed by atoms with Crippen molar-refractivity contribution < 1.29 is 0 Å². The zero-order valence-electron chi connectivity index (χ0n) is 11.6. The Morgan fingerprint density at radius 3 is 2.50 bits per heavy atom. The smallest absolute Gasteiger partial charge is 0.0364 e. The van der Waals surface area contributed by atoms with Gasteiger partial charge in [0, 0.05) is 19.3 Å². The van der Waals surface area contributed by atoms with E-state index in [2.05, 4.69) is 68.6 Å². The zero-order chi connectivity index (χ0) is 13.0. The molecular weight excluding hydrogens is 218 g/mol. The van der Waals surface area contributed by atoms with Gasteiger partial charge in [-0.3, -0.25) is 0 Å². The van der Waals surface area contributed by atoms with Crippen LogP contribution in [0.15, 0.2) is 42.0 Å². The monoisotopic (exact) mass is 240 g/mol. The van der Waals surface area contributed by atoms with Crippen molar-refractivity contribution >= 4 is 11.3 Å². The van der Waals surface area contributed by atoms with E-state index < -0.39 is 0 Å². The van der Waals surface area contributed by atoms with Crippen LogP contribution in [0, 0.1) is 6.42 Å². The summed E-state index contributed by atoms with van der Waals surface area (Å²) in [5.41, 5.74) is 5.32. The largest absolute Gasteiger partial charge is 0.375 e. The van der Waals surface area contributed by atoms with Crippen molar-refractivity contribution in [2.24, 2.45) is 0 Å². The van der Waals surface area contributed by atoms with Crippen LogP contribution in [0.2, 0.25) is 0 Å². The summed E-state index contributed by atoms with van der Waals surface area (Å²) >= 11 is 0. The second-order valence-electron chi connectivity index (χ2n) is 4.96. The number of allylic oxidation sites excluding steroid dienone is 4. The van der Waals surface area contributed by atoms with Gasteiger partial charge in [-0.2, -0.15) is 0 Å². The van der Waals surface area contributed by atoms with E-state index in [1.54, 1.807) is 0 Å². The maximum absolute atomic E-state index is 2.30. The Labute approximate surface area is 111 Å². The lowest BCUT2D eigenvalue weighted by Crippen LogP contribution is -2.17. The Morgan fingerprint density at radius 2 is 1.89 bits per heavy atom. The molecule has 0 amide bonds. The van der Waals surface area contributed by atoms with Crippen molar-refractivity contribution in [3.05, 3.63) is 54.0 Å². The Morgan fingerprint density at radius 1 is 1.17 bits per heavy atom. The minimum atomic E-state index is 1.05. The van der Waals surface area contributed by atoms with Gasteiger partial charge in [0.1, 0.15) is 0 Å². The van der Waals surface area contributed by atoms with Crippen LogP contribution in [-0.4, -0.2) is 13.6 Å². The van der Waals surface area contributed by atoms with Crippen molar-refractivity contribution in [2.45, 2.75) is 26.7 Å². The van der Waals surface area contributed by atoms with E-state index in [-0.39, 0.29) is 0 Å². The van der Waals surface area contributed by atoms with E-state index in [0.717, 1.165) is 13.0 Å². The first-order valence-electron chi connectivity index (χ1n) is 6.74. The van der Waals surface area contributed by atoms with Crippen LogP contribution in [0.1, 0.15) is 32.3 Å². The first kappa shape index (κ1) is 12.9. The van der Waals surface area contributed by atoms with Crippen molar-refractivity contribution in [1.29, 1.82) is 0 Å². The van der Waals surface area contributed by atoms with E-state index >= 15 is 0 Å². The summed E-state index contributed by atoms with van der Waals surface area (Å²) < 4.78 is 0. The molecule has 1 aromatic rings. The van der Waals surface area contributed by atoms with Crippen molar-refractivity contribution in [1.82, 2.24) is 0 Å². The van der Waals surface area contributed by atoms with Crippen molar-refractivity contribution in [2.75, 3.05) is 18.5 Å². The summed E-state index contributed by atoms with van der Waals surface area (Å²) in [6.45, 7) is 5.48. The maximum Gasteiger partial charge on any atom is 0.0364 e. The molecule has 1 nitrogen and oxygen atoms in total. The third kappa shape index (κ3) is 3.04. The fourth-order valence-corrected chi connectivity index (χ4v) is 2.31. The van der Waals surface area contributed by atoms with E-state index in [0.29, 0.717) is 0 Å². The van der Waals surface area contributed by atoms with Crippen molar-refractivity contribution in [3.8, 4) is 0 Å². The summed E-state index contributed by atoms with van der Waals surface area (Å²) in [7, 11) is 2.15. The molecule has 0 aliphatic heterocycles. The number of anilines is 1. The molecule has 0 fully saturated rings. The van der Waals surface area contributed by atoms with E-state index in [1.807, 2.05) is 0 Å². The normalized spacial score (nSPS) is 15.1. The highest BCUT2D eigenvalue weighted by Crippen LogP contribution is 2.26. The molecule has 1 aliphatic rings. The Balaban J connectivity index is 2.15. The topological polar surface area (TPSA) is 3.24 Å². The number of hydrogen-bond donors (Lipinski definition) is 0. The van der Waals surface area contributed by atoms with Gasteiger partial charge in [0.05, 0.1) is 0 Å². The standard InChI is InChI=1S/C17H22N/c1-4-12-18(3)17-10-8-15(9-11-17)16-7-5-6-14(2)13-16/h6-11,13H,4-5,12H2,1-3H3. The molecular formula is C17H22N. The van der Waals surface area contributed by atoms with Gasteiger partial charge in [0.2, 0.25) is 0 Å². The molecule has 1 aliphatic carbocycles. The van der Waals surface area contributed by atoms with Crippen LogP contribution in [-0.2, 0) is 0 Å². The maximum atomic E-state index is 2.30. The van der Waals surface area contributed by atoms with Crippen LogP contribution < -0.4 is 4.90 Å². The van der Waals surface area contributed by atoms with E-state index in [1.165, 1.54) is 28.8 Å².